The Balaban J connectivity index is 2.28. The van der Waals surface area contributed by atoms with E-state index in [2.05, 4.69) is 16.9 Å². The van der Waals surface area contributed by atoms with E-state index in [-0.39, 0.29) is 0 Å². The molecule has 0 amide bonds. The van der Waals surface area contributed by atoms with E-state index in [9.17, 15) is 0 Å². The van der Waals surface area contributed by atoms with Gasteiger partial charge in [0.1, 0.15) is 11.6 Å². The minimum Gasteiger partial charge on any atom is -0.384 e. The highest BCUT2D eigenvalue weighted by Gasteiger charge is 1.96. The van der Waals surface area contributed by atoms with E-state index in [1.807, 2.05) is 0 Å². The Bertz CT molecular complexity index is 248. The van der Waals surface area contributed by atoms with E-state index < -0.39 is 0 Å². The van der Waals surface area contributed by atoms with Crippen LogP contribution in [0.5, 0.6) is 0 Å². The highest BCUT2D eigenvalue weighted by atomic mass is 14.9. The van der Waals surface area contributed by atoms with Crippen LogP contribution in [0.2, 0.25) is 0 Å². The fourth-order valence-electron chi connectivity index (χ4n) is 1.25. The summed E-state index contributed by atoms with van der Waals surface area (Å²) in [5.74, 6) is 1.44. The van der Waals surface area contributed by atoms with E-state index in [1.165, 1.54) is 19.3 Å². The van der Waals surface area contributed by atoms with E-state index in [4.69, 9.17) is 5.73 Å². The van der Waals surface area contributed by atoms with Gasteiger partial charge in [-0.25, -0.2) is 9.97 Å². The average molecular weight is 179 g/mol. The molecule has 1 aromatic rings. The molecule has 0 aliphatic rings. The van der Waals surface area contributed by atoms with Crippen molar-refractivity contribution in [2.45, 2.75) is 39.0 Å². The molecule has 0 atom stereocenters. The van der Waals surface area contributed by atoms with Gasteiger partial charge in [-0.15, -0.1) is 0 Å². The Morgan fingerprint density at radius 3 is 2.85 bits per heavy atom. The van der Waals surface area contributed by atoms with Gasteiger partial charge in [0.2, 0.25) is 0 Å². The lowest BCUT2D eigenvalue weighted by molar-refractivity contribution is 0.652. The number of anilines is 1. The Hall–Kier alpha value is -1.12. The quantitative estimate of drug-likeness (QED) is 0.705. The van der Waals surface area contributed by atoms with Gasteiger partial charge in [0.15, 0.2) is 0 Å². The van der Waals surface area contributed by atoms with Gasteiger partial charge in [0.05, 0.1) is 0 Å². The van der Waals surface area contributed by atoms with Crippen LogP contribution in [-0.2, 0) is 6.42 Å². The number of nitrogens with two attached hydrogens (primary N) is 1. The SMILES string of the molecule is CCCCCCc1nccc(N)n1. The summed E-state index contributed by atoms with van der Waals surface area (Å²) in [4.78, 5) is 8.28. The van der Waals surface area contributed by atoms with Crippen molar-refractivity contribution in [3.8, 4) is 0 Å². The van der Waals surface area contributed by atoms with E-state index in [1.54, 1.807) is 12.3 Å². The molecule has 0 aromatic carbocycles. The predicted molar refractivity (Wildman–Crippen MR) is 54.3 cm³/mol. The second kappa shape index (κ2) is 5.51. The lowest BCUT2D eigenvalue weighted by atomic mass is 10.1. The standard InChI is InChI=1S/C10H17N3/c1-2-3-4-5-6-10-12-8-7-9(11)13-10/h7-8H,2-6H2,1H3,(H2,11,12,13). The topological polar surface area (TPSA) is 51.8 Å². The molecule has 2 N–H and O–H groups in total. The summed E-state index contributed by atoms with van der Waals surface area (Å²) in [6.07, 6.45) is 7.65. The molecule has 3 nitrogen and oxygen atoms in total. The highest BCUT2D eigenvalue weighted by molar-refractivity contribution is 5.24. The summed E-state index contributed by atoms with van der Waals surface area (Å²) in [5, 5.41) is 0. The maximum Gasteiger partial charge on any atom is 0.130 e. The maximum absolute atomic E-state index is 5.54. The summed E-state index contributed by atoms with van der Waals surface area (Å²) >= 11 is 0. The molecule has 0 saturated carbocycles. The fraction of sp³-hybridized carbons (Fsp3) is 0.600. The molecule has 1 aromatic heterocycles. The molecule has 72 valence electrons. The lowest BCUT2D eigenvalue weighted by Gasteiger charge is -1.99. The molecule has 0 bridgehead atoms. The van der Waals surface area contributed by atoms with E-state index >= 15 is 0 Å². The molecule has 0 aliphatic heterocycles. The van der Waals surface area contributed by atoms with Gasteiger partial charge in [0.25, 0.3) is 0 Å². The minimum absolute atomic E-state index is 0.570. The van der Waals surface area contributed by atoms with Crippen LogP contribution in [-0.4, -0.2) is 9.97 Å². The van der Waals surface area contributed by atoms with E-state index in [0.717, 1.165) is 18.7 Å². The summed E-state index contributed by atoms with van der Waals surface area (Å²) in [6, 6.07) is 1.72. The number of hydrogen-bond donors (Lipinski definition) is 1. The van der Waals surface area contributed by atoms with Crippen molar-refractivity contribution >= 4 is 5.82 Å². The molecule has 0 fully saturated rings. The predicted octanol–water partition coefficient (Wildman–Crippen LogP) is 2.18. The third kappa shape index (κ3) is 3.87. The number of unbranched alkanes of at least 4 members (excludes halogenated alkanes) is 3. The molecule has 1 heterocycles. The van der Waals surface area contributed by atoms with Crippen molar-refractivity contribution in [1.29, 1.82) is 0 Å². The monoisotopic (exact) mass is 179 g/mol. The van der Waals surface area contributed by atoms with Gasteiger partial charge in [-0.2, -0.15) is 0 Å². The first-order chi connectivity index (χ1) is 6.33. The van der Waals surface area contributed by atoms with Crippen LogP contribution in [0.25, 0.3) is 0 Å². The maximum atomic E-state index is 5.54. The van der Waals surface area contributed by atoms with Crippen LogP contribution in [0, 0.1) is 0 Å². The summed E-state index contributed by atoms with van der Waals surface area (Å²) < 4.78 is 0. The number of hydrogen-bond acceptors (Lipinski definition) is 3. The minimum atomic E-state index is 0.570. The second-order valence-corrected chi connectivity index (χ2v) is 3.21. The molecule has 0 unspecified atom stereocenters. The smallest absolute Gasteiger partial charge is 0.130 e. The number of aromatic nitrogens is 2. The summed E-state index contributed by atoms with van der Waals surface area (Å²) in [6.45, 7) is 2.21. The van der Waals surface area contributed by atoms with Crippen LogP contribution in [0.4, 0.5) is 5.82 Å². The Kier molecular flexibility index (Phi) is 4.23. The lowest BCUT2D eigenvalue weighted by Crippen LogP contribution is -1.98. The largest absolute Gasteiger partial charge is 0.384 e. The van der Waals surface area contributed by atoms with Crippen molar-refractivity contribution in [3.63, 3.8) is 0 Å². The number of nitrogens with zero attached hydrogens (tertiary/aromatic N) is 2. The number of rotatable bonds is 5. The number of aryl methyl sites for hydroxylation is 1. The molecular weight excluding hydrogens is 162 g/mol. The zero-order chi connectivity index (χ0) is 9.52. The molecule has 0 saturated heterocycles. The first-order valence-corrected chi connectivity index (χ1v) is 4.90. The molecule has 0 radical (unpaired) electrons. The van der Waals surface area contributed by atoms with Gasteiger partial charge >= 0.3 is 0 Å². The van der Waals surface area contributed by atoms with Gasteiger partial charge in [-0.1, -0.05) is 26.2 Å². The third-order valence-corrected chi connectivity index (χ3v) is 1.98. The first-order valence-electron chi connectivity index (χ1n) is 4.90. The molecule has 3 heteroatoms. The van der Waals surface area contributed by atoms with Crippen molar-refractivity contribution in [1.82, 2.24) is 9.97 Å². The fourth-order valence-corrected chi connectivity index (χ4v) is 1.25. The molecule has 0 spiro atoms. The van der Waals surface area contributed by atoms with Crippen LogP contribution >= 0.6 is 0 Å². The van der Waals surface area contributed by atoms with Gasteiger partial charge in [0, 0.05) is 12.6 Å². The Morgan fingerprint density at radius 2 is 2.15 bits per heavy atom. The van der Waals surface area contributed by atoms with Crippen LogP contribution in [0.3, 0.4) is 0 Å². The summed E-state index contributed by atoms with van der Waals surface area (Å²) in [7, 11) is 0. The Labute approximate surface area is 79.4 Å². The molecular formula is C10H17N3. The normalized spacial score (nSPS) is 10.2. The number of nitrogen functional groups attached to an aromatic ring is 1. The zero-order valence-electron chi connectivity index (χ0n) is 8.16. The van der Waals surface area contributed by atoms with Crippen molar-refractivity contribution in [2.24, 2.45) is 0 Å². The van der Waals surface area contributed by atoms with Crippen molar-refractivity contribution in [2.75, 3.05) is 5.73 Å². The van der Waals surface area contributed by atoms with Gasteiger partial charge in [-0.05, 0) is 12.5 Å². The average Bonchev–Trinajstić information content (AvgIpc) is 2.13. The molecule has 0 aliphatic carbocycles. The highest BCUT2D eigenvalue weighted by Crippen LogP contribution is 2.04. The van der Waals surface area contributed by atoms with Gasteiger partial charge < -0.3 is 5.73 Å². The second-order valence-electron chi connectivity index (χ2n) is 3.21. The van der Waals surface area contributed by atoms with E-state index in [0.29, 0.717) is 5.82 Å². The van der Waals surface area contributed by atoms with Gasteiger partial charge in [-0.3, -0.25) is 0 Å². The third-order valence-electron chi connectivity index (χ3n) is 1.98. The van der Waals surface area contributed by atoms with Crippen molar-refractivity contribution in [3.05, 3.63) is 18.1 Å². The molecule has 13 heavy (non-hydrogen) atoms. The summed E-state index contributed by atoms with van der Waals surface area (Å²) in [5.41, 5.74) is 5.54. The first kappa shape index (κ1) is 9.96. The van der Waals surface area contributed by atoms with Crippen LogP contribution in [0.15, 0.2) is 12.3 Å². The van der Waals surface area contributed by atoms with Crippen LogP contribution in [0.1, 0.15) is 38.4 Å². The zero-order valence-corrected chi connectivity index (χ0v) is 8.16. The van der Waals surface area contributed by atoms with Crippen molar-refractivity contribution < 1.29 is 0 Å². The Morgan fingerprint density at radius 1 is 1.31 bits per heavy atom. The molecule has 1 rings (SSSR count). The van der Waals surface area contributed by atoms with Crippen LogP contribution < -0.4 is 5.73 Å².